The topological polar surface area (TPSA) is 64.3 Å². The first-order chi connectivity index (χ1) is 7.13. The Morgan fingerprint density at radius 2 is 2.33 bits per heavy atom. The van der Waals surface area contributed by atoms with E-state index in [1.165, 1.54) is 0 Å². The Hall–Kier alpha value is -1.62. The van der Waals surface area contributed by atoms with E-state index in [9.17, 15) is 4.79 Å². The third kappa shape index (κ3) is 3.55. The molecule has 0 spiro atoms. The first-order valence-electron chi connectivity index (χ1n) is 4.47. The van der Waals surface area contributed by atoms with Crippen molar-refractivity contribution in [2.75, 3.05) is 11.9 Å². The number of amides is 1. The van der Waals surface area contributed by atoms with Crippen LogP contribution >= 0.6 is 12.2 Å². The van der Waals surface area contributed by atoms with Crippen LogP contribution in [0.4, 0.5) is 5.69 Å². The molecule has 0 saturated heterocycles. The quantitative estimate of drug-likeness (QED) is 0.764. The maximum Gasteiger partial charge on any atom is 0.261 e. The standard InChI is InChI=1S/C10H12N2O2S/c1-2-14-10(15)12-8-5-3-4-7(6-8)9(11)13/h3-6H,2H2,1H3,(H2,11,13)(H,12,15). The first-order valence-corrected chi connectivity index (χ1v) is 4.88. The van der Waals surface area contributed by atoms with Crippen LogP contribution in [0.15, 0.2) is 24.3 Å². The molecule has 3 N–H and O–H groups in total. The van der Waals surface area contributed by atoms with Gasteiger partial charge in [-0.05, 0) is 37.3 Å². The summed E-state index contributed by atoms with van der Waals surface area (Å²) in [7, 11) is 0. The van der Waals surface area contributed by atoms with Crippen molar-refractivity contribution in [2.24, 2.45) is 5.73 Å². The summed E-state index contributed by atoms with van der Waals surface area (Å²) in [6, 6.07) is 6.75. The Balaban J connectivity index is 2.73. The minimum absolute atomic E-state index is 0.277. The van der Waals surface area contributed by atoms with E-state index in [1.807, 2.05) is 6.92 Å². The van der Waals surface area contributed by atoms with Gasteiger partial charge in [-0.1, -0.05) is 6.07 Å². The molecule has 5 heteroatoms. The van der Waals surface area contributed by atoms with Gasteiger partial charge in [0.05, 0.1) is 6.61 Å². The number of thiocarbonyl (C=S) groups is 1. The van der Waals surface area contributed by atoms with Gasteiger partial charge in [0.25, 0.3) is 5.17 Å². The van der Waals surface area contributed by atoms with Crippen LogP contribution in [0.3, 0.4) is 0 Å². The van der Waals surface area contributed by atoms with Crippen LogP contribution in [0.5, 0.6) is 0 Å². The van der Waals surface area contributed by atoms with Crippen LogP contribution in [0.1, 0.15) is 17.3 Å². The lowest BCUT2D eigenvalue weighted by atomic mass is 10.2. The van der Waals surface area contributed by atoms with Gasteiger partial charge in [0, 0.05) is 11.3 Å². The van der Waals surface area contributed by atoms with Gasteiger partial charge in [0.2, 0.25) is 5.91 Å². The van der Waals surface area contributed by atoms with Crippen LogP contribution in [-0.2, 0) is 4.74 Å². The van der Waals surface area contributed by atoms with Crippen molar-refractivity contribution >= 4 is 29.0 Å². The average molecular weight is 224 g/mol. The van der Waals surface area contributed by atoms with Crippen molar-refractivity contribution in [3.8, 4) is 0 Å². The van der Waals surface area contributed by atoms with Crippen LogP contribution in [0.2, 0.25) is 0 Å². The summed E-state index contributed by atoms with van der Waals surface area (Å²) in [5.41, 5.74) is 6.26. The van der Waals surface area contributed by atoms with Crippen molar-refractivity contribution in [2.45, 2.75) is 6.92 Å². The van der Waals surface area contributed by atoms with Crippen LogP contribution < -0.4 is 11.1 Å². The van der Waals surface area contributed by atoms with Gasteiger partial charge < -0.3 is 15.8 Å². The fourth-order valence-corrected chi connectivity index (χ4v) is 1.27. The molecule has 1 amide bonds. The molecule has 0 atom stereocenters. The van der Waals surface area contributed by atoms with Gasteiger partial charge in [-0.25, -0.2) is 0 Å². The van der Waals surface area contributed by atoms with E-state index in [0.717, 1.165) is 0 Å². The summed E-state index contributed by atoms with van der Waals surface area (Å²) >= 11 is 4.89. The molecule has 0 aliphatic heterocycles. The molecule has 0 aliphatic carbocycles. The lowest BCUT2D eigenvalue weighted by Gasteiger charge is -2.08. The predicted molar refractivity (Wildman–Crippen MR) is 62.8 cm³/mol. The molecule has 1 aromatic rings. The number of ether oxygens (including phenoxy) is 1. The highest BCUT2D eigenvalue weighted by Gasteiger charge is 2.02. The van der Waals surface area contributed by atoms with Crippen molar-refractivity contribution in [3.05, 3.63) is 29.8 Å². The molecule has 0 saturated carbocycles. The molecule has 0 radical (unpaired) electrons. The van der Waals surface area contributed by atoms with Gasteiger partial charge in [-0.3, -0.25) is 4.79 Å². The van der Waals surface area contributed by atoms with E-state index in [0.29, 0.717) is 17.9 Å². The molecule has 1 rings (SSSR count). The lowest BCUT2D eigenvalue weighted by molar-refractivity contribution is 0.100. The Kier molecular flexibility index (Phi) is 4.05. The van der Waals surface area contributed by atoms with Crippen LogP contribution in [0, 0.1) is 0 Å². The van der Waals surface area contributed by atoms with Crippen molar-refractivity contribution in [3.63, 3.8) is 0 Å². The fraction of sp³-hybridized carbons (Fsp3) is 0.200. The molecule has 4 nitrogen and oxygen atoms in total. The van der Waals surface area contributed by atoms with Crippen molar-refractivity contribution in [1.29, 1.82) is 0 Å². The normalized spacial score (nSPS) is 9.40. The number of rotatable bonds is 3. The third-order valence-electron chi connectivity index (χ3n) is 1.67. The monoisotopic (exact) mass is 224 g/mol. The zero-order chi connectivity index (χ0) is 11.3. The van der Waals surface area contributed by atoms with E-state index in [2.05, 4.69) is 5.32 Å². The molecule has 80 valence electrons. The van der Waals surface area contributed by atoms with Gasteiger partial charge in [-0.2, -0.15) is 0 Å². The minimum atomic E-state index is -0.471. The molecule has 0 heterocycles. The minimum Gasteiger partial charge on any atom is -0.471 e. The Morgan fingerprint density at radius 3 is 2.93 bits per heavy atom. The number of hydrogen-bond donors (Lipinski definition) is 2. The first kappa shape index (κ1) is 11.5. The highest BCUT2D eigenvalue weighted by atomic mass is 32.1. The molecule has 0 fully saturated rings. The number of carbonyl (C=O) groups excluding carboxylic acids is 1. The maximum atomic E-state index is 10.9. The molecule has 0 unspecified atom stereocenters. The Bertz CT molecular complexity index is 379. The van der Waals surface area contributed by atoms with E-state index in [4.69, 9.17) is 22.7 Å². The van der Waals surface area contributed by atoms with Crippen LogP contribution in [-0.4, -0.2) is 17.7 Å². The molecule has 15 heavy (non-hydrogen) atoms. The lowest BCUT2D eigenvalue weighted by Crippen LogP contribution is -2.15. The number of benzene rings is 1. The van der Waals surface area contributed by atoms with Gasteiger partial charge in [0.1, 0.15) is 0 Å². The highest BCUT2D eigenvalue weighted by molar-refractivity contribution is 7.80. The second kappa shape index (κ2) is 5.31. The number of nitrogens with two attached hydrogens (primary N) is 1. The number of carbonyl (C=O) groups is 1. The molecule has 0 aliphatic rings. The summed E-state index contributed by atoms with van der Waals surface area (Å²) in [6.45, 7) is 2.34. The third-order valence-corrected chi connectivity index (χ3v) is 1.89. The van der Waals surface area contributed by atoms with E-state index >= 15 is 0 Å². The molecule has 1 aromatic carbocycles. The largest absolute Gasteiger partial charge is 0.471 e. The van der Waals surface area contributed by atoms with Crippen molar-refractivity contribution < 1.29 is 9.53 Å². The fourth-order valence-electron chi connectivity index (χ4n) is 1.04. The number of hydrogen-bond acceptors (Lipinski definition) is 3. The summed E-state index contributed by atoms with van der Waals surface area (Å²) in [5.74, 6) is -0.471. The zero-order valence-corrected chi connectivity index (χ0v) is 9.14. The maximum absolute atomic E-state index is 10.9. The molecule has 0 bridgehead atoms. The van der Waals surface area contributed by atoms with Gasteiger partial charge in [-0.15, -0.1) is 0 Å². The summed E-state index contributed by atoms with van der Waals surface area (Å²) < 4.78 is 5.05. The van der Waals surface area contributed by atoms with Gasteiger partial charge in [0.15, 0.2) is 0 Å². The number of anilines is 1. The predicted octanol–water partition coefficient (Wildman–Crippen LogP) is 1.52. The zero-order valence-electron chi connectivity index (χ0n) is 8.32. The smallest absolute Gasteiger partial charge is 0.261 e. The molecule has 0 aromatic heterocycles. The summed E-state index contributed by atoms with van der Waals surface area (Å²) in [5, 5.41) is 3.12. The van der Waals surface area contributed by atoms with Crippen molar-refractivity contribution in [1.82, 2.24) is 0 Å². The van der Waals surface area contributed by atoms with E-state index < -0.39 is 5.91 Å². The average Bonchev–Trinajstić information content (AvgIpc) is 2.18. The summed E-state index contributed by atoms with van der Waals surface area (Å²) in [4.78, 5) is 10.9. The summed E-state index contributed by atoms with van der Waals surface area (Å²) in [6.07, 6.45) is 0. The molecular weight excluding hydrogens is 212 g/mol. The molecular formula is C10H12N2O2S. The second-order valence-electron chi connectivity index (χ2n) is 2.79. The van der Waals surface area contributed by atoms with E-state index in [-0.39, 0.29) is 5.17 Å². The highest BCUT2D eigenvalue weighted by Crippen LogP contribution is 2.10. The SMILES string of the molecule is CCOC(=S)Nc1cccc(C(N)=O)c1. The van der Waals surface area contributed by atoms with Gasteiger partial charge >= 0.3 is 0 Å². The second-order valence-corrected chi connectivity index (χ2v) is 3.16. The Morgan fingerprint density at radius 1 is 1.60 bits per heavy atom. The number of primary amides is 1. The Labute approximate surface area is 93.4 Å². The van der Waals surface area contributed by atoms with Crippen LogP contribution in [0.25, 0.3) is 0 Å². The number of nitrogens with one attached hydrogen (secondary N) is 1. The van der Waals surface area contributed by atoms with E-state index in [1.54, 1.807) is 24.3 Å².